The molecule has 66 valence electrons. The van der Waals surface area contributed by atoms with Gasteiger partial charge in [-0.15, -0.1) is 0 Å². The molecule has 1 amide bonds. The fourth-order valence-electron chi connectivity index (χ4n) is 2.22. The van der Waals surface area contributed by atoms with Crippen LogP contribution in [0.15, 0.2) is 12.2 Å². The Kier molecular flexibility index (Phi) is 1.68. The highest BCUT2D eigenvalue weighted by Crippen LogP contribution is 2.39. The first-order valence-corrected chi connectivity index (χ1v) is 4.44. The molecule has 1 spiro atoms. The van der Waals surface area contributed by atoms with Gasteiger partial charge in [-0.3, -0.25) is 10.0 Å². The Balaban J connectivity index is 2.25. The van der Waals surface area contributed by atoms with Crippen molar-refractivity contribution in [2.45, 2.75) is 37.6 Å². The zero-order valence-corrected chi connectivity index (χ0v) is 6.99. The van der Waals surface area contributed by atoms with Crippen LogP contribution in [-0.2, 0) is 4.79 Å². The number of rotatable bonds is 0. The Bertz CT molecular complexity index is 229. The summed E-state index contributed by atoms with van der Waals surface area (Å²) in [7, 11) is 0. The molecule has 0 bridgehead atoms. The molecule has 0 radical (unpaired) electrons. The van der Waals surface area contributed by atoms with Crippen molar-refractivity contribution in [3.05, 3.63) is 12.2 Å². The minimum absolute atomic E-state index is 0.244. The van der Waals surface area contributed by atoms with Crippen molar-refractivity contribution in [3.63, 3.8) is 0 Å². The maximum atomic E-state index is 11.1. The van der Waals surface area contributed by atoms with E-state index in [1.807, 2.05) is 6.08 Å². The smallest absolute Gasteiger partial charge is 0.270 e. The molecule has 3 heteroatoms. The van der Waals surface area contributed by atoms with E-state index in [-0.39, 0.29) is 11.4 Å². The topological polar surface area (TPSA) is 40.5 Å². The molecule has 2 rings (SSSR count). The van der Waals surface area contributed by atoms with Crippen LogP contribution in [0.2, 0.25) is 0 Å². The quantitative estimate of drug-likeness (QED) is 0.555. The lowest BCUT2D eigenvalue weighted by molar-refractivity contribution is -0.190. The third-order valence-electron chi connectivity index (χ3n) is 2.95. The number of amides is 1. The van der Waals surface area contributed by atoms with Gasteiger partial charge in [0, 0.05) is 6.08 Å². The zero-order valence-electron chi connectivity index (χ0n) is 6.99. The van der Waals surface area contributed by atoms with E-state index in [1.54, 1.807) is 0 Å². The number of carbonyl (C=O) groups excluding carboxylic acids is 1. The van der Waals surface area contributed by atoms with Crippen LogP contribution >= 0.6 is 0 Å². The first-order chi connectivity index (χ1) is 5.75. The van der Waals surface area contributed by atoms with Gasteiger partial charge in [0.1, 0.15) is 0 Å². The summed E-state index contributed by atoms with van der Waals surface area (Å²) >= 11 is 0. The fraction of sp³-hybridized carbons (Fsp3) is 0.667. The van der Waals surface area contributed by atoms with Gasteiger partial charge >= 0.3 is 0 Å². The molecular formula is C9H13NO2. The lowest BCUT2D eigenvalue weighted by Crippen LogP contribution is -2.49. The van der Waals surface area contributed by atoms with Crippen LogP contribution in [0.5, 0.6) is 0 Å². The van der Waals surface area contributed by atoms with E-state index >= 15 is 0 Å². The molecule has 3 nitrogen and oxygen atoms in total. The average Bonchev–Trinajstić information content (AvgIpc) is 2.50. The van der Waals surface area contributed by atoms with Crippen LogP contribution in [0.4, 0.5) is 0 Å². The molecule has 0 atom stereocenters. The number of hydrogen-bond acceptors (Lipinski definition) is 2. The summed E-state index contributed by atoms with van der Waals surface area (Å²) < 4.78 is 0. The molecule has 0 aromatic heterocycles. The van der Waals surface area contributed by atoms with Crippen molar-refractivity contribution in [1.82, 2.24) is 5.06 Å². The maximum absolute atomic E-state index is 11.1. The van der Waals surface area contributed by atoms with Crippen molar-refractivity contribution in [1.29, 1.82) is 0 Å². The van der Waals surface area contributed by atoms with E-state index < -0.39 is 0 Å². The third kappa shape index (κ3) is 0.966. The van der Waals surface area contributed by atoms with E-state index in [1.165, 1.54) is 6.08 Å². The molecule has 0 aromatic rings. The van der Waals surface area contributed by atoms with Crippen LogP contribution in [0, 0.1) is 0 Å². The highest BCUT2D eigenvalue weighted by atomic mass is 16.5. The average molecular weight is 167 g/mol. The van der Waals surface area contributed by atoms with Crippen LogP contribution < -0.4 is 0 Å². The normalized spacial score (nSPS) is 27.1. The first kappa shape index (κ1) is 7.80. The first-order valence-electron chi connectivity index (χ1n) is 4.44. The van der Waals surface area contributed by atoms with E-state index in [4.69, 9.17) is 0 Å². The standard InChI is InChI=1S/C9H13NO2/c11-8-4-3-7-9(10(8)12)5-1-2-6-9/h3-4,12H,1-2,5-7H2. The molecular weight excluding hydrogens is 154 g/mol. The highest BCUT2D eigenvalue weighted by molar-refractivity contribution is 5.88. The second kappa shape index (κ2) is 2.59. The number of nitrogens with zero attached hydrogens (tertiary/aromatic N) is 1. The van der Waals surface area contributed by atoms with Crippen LogP contribution in [0.3, 0.4) is 0 Å². The summed E-state index contributed by atoms with van der Waals surface area (Å²) in [5.41, 5.74) is -0.244. The predicted octanol–water partition coefficient (Wildman–Crippen LogP) is 1.48. The van der Waals surface area contributed by atoms with Gasteiger partial charge in [0.15, 0.2) is 0 Å². The third-order valence-corrected chi connectivity index (χ3v) is 2.95. The minimum Gasteiger partial charge on any atom is -0.285 e. The summed E-state index contributed by atoms with van der Waals surface area (Å²) in [4.78, 5) is 11.1. The minimum atomic E-state index is -0.261. The van der Waals surface area contributed by atoms with Crippen molar-refractivity contribution < 1.29 is 10.0 Å². The van der Waals surface area contributed by atoms with Gasteiger partial charge in [-0.25, -0.2) is 5.06 Å². The van der Waals surface area contributed by atoms with Crippen molar-refractivity contribution in [2.24, 2.45) is 0 Å². The van der Waals surface area contributed by atoms with Crippen molar-refractivity contribution in [3.8, 4) is 0 Å². The van der Waals surface area contributed by atoms with E-state index in [0.717, 1.165) is 37.2 Å². The van der Waals surface area contributed by atoms with E-state index in [0.29, 0.717) is 0 Å². The molecule has 0 saturated heterocycles. The van der Waals surface area contributed by atoms with E-state index in [2.05, 4.69) is 0 Å². The van der Waals surface area contributed by atoms with Crippen LogP contribution in [-0.4, -0.2) is 21.7 Å². The van der Waals surface area contributed by atoms with Gasteiger partial charge < -0.3 is 0 Å². The van der Waals surface area contributed by atoms with Gasteiger partial charge in [0.05, 0.1) is 5.54 Å². The van der Waals surface area contributed by atoms with Gasteiger partial charge in [-0.1, -0.05) is 18.9 Å². The molecule has 0 unspecified atom stereocenters. The monoisotopic (exact) mass is 167 g/mol. The molecule has 1 saturated carbocycles. The largest absolute Gasteiger partial charge is 0.285 e. The summed E-state index contributed by atoms with van der Waals surface area (Å²) in [6.45, 7) is 0. The molecule has 2 aliphatic rings. The molecule has 0 aromatic carbocycles. The second-order valence-corrected chi connectivity index (χ2v) is 3.69. The SMILES string of the molecule is O=C1C=CCC2(CCCC2)N1O. The van der Waals surface area contributed by atoms with Crippen molar-refractivity contribution in [2.75, 3.05) is 0 Å². The summed E-state index contributed by atoms with van der Waals surface area (Å²) in [6, 6.07) is 0. The molecule has 1 aliphatic heterocycles. The van der Waals surface area contributed by atoms with E-state index in [9.17, 15) is 10.0 Å². The van der Waals surface area contributed by atoms with Gasteiger partial charge in [-0.05, 0) is 19.3 Å². The lowest BCUT2D eigenvalue weighted by Gasteiger charge is -2.37. The number of carbonyl (C=O) groups is 1. The zero-order chi connectivity index (χ0) is 8.60. The maximum Gasteiger partial charge on any atom is 0.270 e. The molecule has 1 N–H and O–H groups in total. The molecule has 1 heterocycles. The Morgan fingerprint density at radius 3 is 2.75 bits per heavy atom. The van der Waals surface area contributed by atoms with Gasteiger partial charge in [0.2, 0.25) is 0 Å². The van der Waals surface area contributed by atoms with Gasteiger partial charge in [0.25, 0.3) is 5.91 Å². The lowest BCUT2D eigenvalue weighted by atomic mass is 9.90. The summed E-state index contributed by atoms with van der Waals surface area (Å²) in [5, 5.41) is 10.5. The molecule has 12 heavy (non-hydrogen) atoms. The highest BCUT2D eigenvalue weighted by Gasteiger charge is 2.42. The Morgan fingerprint density at radius 2 is 2.08 bits per heavy atom. The second-order valence-electron chi connectivity index (χ2n) is 3.69. The van der Waals surface area contributed by atoms with Crippen LogP contribution in [0.25, 0.3) is 0 Å². The van der Waals surface area contributed by atoms with Gasteiger partial charge in [-0.2, -0.15) is 0 Å². The fourth-order valence-corrected chi connectivity index (χ4v) is 2.22. The molecule has 1 fully saturated rings. The Hall–Kier alpha value is -0.830. The van der Waals surface area contributed by atoms with Crippen LogP contribution in [0.1, 0.15) is 32.1 Å². The van der Waals surface area contributed by atoms with Crippen molar-refractivity contribution >= 4 is 5.91 Å². The summed E-state index contributed by atoms with van der Waals surface area (Å²) in [6.07, 6.45) is 8.27. The number of hydrogen-bond donors (Lipinski definition) is 1. The predicted molar refractivity (Wildman–Crippen MR) is 43.6 cm³/mol. The Labute approximate surface area is 71.6 Å². The molecule has 1 aliphatic carbocycles. The Morgan fingerprint density at radius 1 is 1.42 bits per heavy atom. The number of hydroxylamine groups is 2. The summed E-state index contributed by atoms with van der Waals surface area (Å²) in [5.74, 6) is -0.261.